The normalized spacial score (nSPS) is 20.8. The number of nitrogens with zero attached hydrogens (tertiary/aromatic N) is 1. The Morgan fingerprint density at radius 1 is 0.797 bits per heavy atom. The van der Waals surface area contributed by atoms with Gasteiger partial charge in [-0.1, -0.05) is 26.0 Å². The summed E-state index contributed by atoms with van der Waals surface area (Å²) in [6.45, 7) is 8.38. The van der Waals surface area contributed by atoms with Crippen molar-refractivity contribution in [3.8, 4) is 28.7 Å². The number of esters is 1. The van der Waals surface area contributed by atoms with E-state index < -0.39 is 41.4 Å². The zero-order valence-electron chi connectivity index (χ0n) is 34.5. The fourth-order valence-corrected chi connectivity index (χ4v) is 8.68. The SMILES string of the molecule is COc1cc([C@@H]2c3cc4c(cc3[C@@H](OC(=O)OCc3ccc(N(C)C(=O)CC(C)(C)C5=C(C)C(=O)C(C)=C(C)C5=O)cc3)[C@H]3COC(=O)[C@H]23)OCO4)cc(OC)c1OC. The highest BCUT2D eigenvalue weighted by Gasteiger charge is 2.54. The first-order valence-corrected chi connectivity index (χ1v) is 19.2. The zero-order chi connectivity index (χ0) is 42.5. The third-order valence-electron chi connectivity index (χ3n) is 11.9. The summed E-state index contributed by atoms with van der Waals surface area (Å²) in [6, 6.07) is 14.0. The Kier molecular flexibility index (Phi) is 10.9. The number of ketones is 2. The minimum Gasteiger partial charge on any atom is -0.493 e. The molecule has 2 heterocycles. The second kappa shape index (κ2) is 15.8. The fourth-order valence-electron chi connectivity index (χ4n) is 8.68. The average Bonchev–Trinajstić information content (AvgIpc) is 3.85. The van der Waals surface area contributed by atoms with E-state index in [2.05, 4.69) is 0 Å². The van der Waals surface area contributed by atoms with Gasteiger partial charge in [0.15, 0.2) is 34.6 Å². The van der Waals surface area contributed by atoms with Gasteiger partial charge in [0.1, 0.15) is 12.7 Å². The topological polar surface area (TPSA) is 162 Å². The molecular formula is C45H47NO13. The molecular weight excluding hydrogens is 762 g/mol. The molecule has 14 heteroatoms. The van der Waals surface area contributed by atoms with Gasteiger partial charge < -0.3 is 42.8 Å². The molecule has 7 rings (SSSR count). The molecule has 3 aromatic carbocycles. The number of anilines is 1. The highest BCUT2D eigenvalue weighted by atomic mass is 16.7. The summed E-state index contributed by atoms with van der Waals surface area (Å²) in [4.78, 5) is 68.0. The van der Waals surface area contributed by atoms with E-state index in [0.29, 0.717) is 79.0 Å². The molecule has 310 valence electrons. The number of cyclic esters (lactones) is 1. The van der Waals surface area contributed by atoms with Crippen LogP contribution in [0.4, 0.5) is 10.5 Å². The summed E-state index contributed by atoms with van der Waals surface area (Å²) in [5, 5.41) is 0. The van der Waals surface area contributed by atoms with Crippen LogP contribution in [-0.2, 0) is 40.0 Å². The van der Waals surface area contributed by atoms with Crippen LogP contribution in [0.1, 0.15) is 75.3 Å². The Hall–Kier alpha value is -6.31. The van der Waals surface area contributed by atoms with E-state index in [0.717, 1.165) is 0 Å². The van der Waals surface area contributed by atoms with Crippen molar-refractivity contribution in [2.45, 2.75) is 59.7 Å². The molecule has 0 radical (unpaired) electrons. The van der Waals surface area contributed by atoms with Crippen molar-refractivity contribution in [3.05, 3.63) is 93.1 Å². The standard InChI is InChI=1S/C45H47NO13/c1-22-23(2)40(49)38(24(3)39(22)48)45(4,5)18-35(47)46(6)27-12-10-25(11-13-27)19-56-44(51)59-41-29-17-32-31(57-21-58-32)16-28(29)36(37-30(41)20-55-43(37)50)26-14-33(52-7)42(54-9)34(15-26)53-8/h10-17,30,36-37,41H,18-21H2,1-9H3/t30-,36+,37-,41+/m0/s1. The highest BCUT2D eigenvalue weighted by Crippen LogP contribution is 2.56. The third-order valence-corrected chi connectivity index (χ3v) is 11.9. The van der Waals surface area contributed by atoms with Crippen molar-refractivity contribution >= 4 is 35.3 Å². The zero-order valence-corrected chi connectivity index (χ0v) is 34.5. The van der Waals surface area contributed by atoms with Crippen LogP contribution < -0.4 is 28.6 Å². The molecule has 1 saturated heterocycles. The Balaban J connectivity index is 1.07. The van der Waals surface area contributed by atoms with E-state index in [4.69, 9.17) is 37.9 Å². The Morgan fingerprint density at radius 3 is 2.02 bits per heavy atom. The lowest BCUT2D eigenvalue weighted by atomic mass is 9.66. The molecule has 0 saturated carbocycles. The van der Waals surface area contributed by atoms with Crippen molar-refractivity contribution in [2.24, 2.45) is 17.3 Å². The Morgan fingerprint density at radius 2 is 1.41 bits per heavy atom. The number of rotatable bonds is 11. The van der Waals surface area contributed by atoms with Gasteiger partial charge in [0.05, 0.1) is 33.9 Å². The van der Waals surface area contributed by atoms with E-state index in [1.54, 1.807) is 90.2 Å². The number of fused-ring (bicyclic) bond motifs is 3. The summed E-state index contributed by atoms with van der Waals surface area (Å²) in [5.41, 5.74) is 3.84. The molecule has 0 unspecified atom stereocenters. The van der Waals surface area contributed by atoms with Crippen molar-refractivity contribution in [3.63, 3.8) is 0 Å². The maximum atomic E-state index is 13.5. The highest BCUT2D eigenvalue weighted by molar-refractivity contribution is 6.25. The number of amides is 1. The molecule has 0 aromatic heterocycles. The Bertz CT molecular complexity index is 2300. The van der Waals surface area contributed by atoms with Crippen LogP contribution in [0.3, 0.4) is 0 Å². The quantitative estimate of drug-likeness (QED) is 0.145. The molecule has 4 atom stereocenters. The summed E-state index contributed by atoms with van der Waals surface area (Å²) < 4.78 is 45.5. The first-order chi connectivity index (χ1) is 28.1. The molecule has 3 aromatic rings. The van der Waals surface area contributed by atoms with Gasteiger partial charge in [-0.2, -0.15) is 0 Å². The van der Waals surface area contributed by atoms with Crippen LogP contribution in [0.2, 0.25) is 0 Å². The number of ether oxygens (including phenoxy) is 8. The van der Waals surface area contributed by atoms with Gasteiger partial charge in [0.2, 0.25) is 18.4 Å². The molecule has 1 fully saturated rings. The summed E-state index contributed by atoms with van der Waals surface area (Å²) in [6.07, 6.45) is -1.90. The monoisotopic (exact) mass is 809 g/mol. The van der Waals surface area contributed by atoms with E-state index in [9.17, 15) is 24.0 Å². The van der Waals surface area contributed by atoms with E-state index in [1.807, 2.05) is 0 Å². The van der Waals surface area contributed by atoms with Gasteiger partial charge in [0, 0.05) is 64.3 Å². The van der Waals surface area contributed by atoms with Crippen LogP contribution in [0, 0.1) is 17.3 Å². The number of hydrogen-bond acceptors (Lipinski definition) is 13. The predicted molar refractivity (Wildman–Crippen MR) is 212 cm³/mol. The molecule has 59 heavy (non-hydrogen) atoms. The average molecular weight is 810 g/mol. The van der Waals surface area contributed by atoms with Gasteiger partial charge in [-0.25, -0.2) is 4.79 Å². The van der Waals surface area contributed by atoms with Gasteiger partial charge in [0.25, 0.3) is 0 Å². The number of hydrogen-bond donors (Lipinski definition) is 0. The number of carbonyl (C=O) groups is 5. The first kappa shape index (κ1) is 40.9. The summed E-state index contributed by atoms with van der Waals surface area (Å²) in [7, 11) is 6.17. The van der Waals surface area contributed by atoms with Crippen LogP contribution in [0.15, 0.2) is 70.8 Å². The fraction of sp³-hybridized carbons (Fsp3) is 0.400. The van der Waals surface area contributed by atoms with E-state index >= 15 is 0 Å². The van der Waals surface area contributed by atoms with Crippen molar-refractivity contribution < 1.29 is 61.9 Å². The second-order valence-electron chi connectivity index (χ2n) is 15.8. The second-order valence-corrected chi connectivity index (χ2v) is 15.8. The molecule has 0 spiro atoms. The Labute approximate surface area is 341 Å². The van der Waals surface area contributed by atoms with Crippen molar-refractivity contribution in [1.82, 2.24) is 0 Å². The number of benzene rings is 3. The van der Waals surface area contributed by atoms with Crippen molar-refractivity contribution in [1.29, 1.82) is 0 Å². The molecule has 1 amide bonds. The number of allylic oxidation sites excluding steroid dienone is 4. The minimum absolute atomic E-state index is 0.00311. The van der Waals surface area contributed by atoms with E-state index in [-0.39, 0.29) is 43.9 Å². The number of Topliss-reactive ketones (excluding diaryl/α,β-unsaturated/α-hetero) is 2. The van der Waals surface area contributed by atoms with Crippen LogP contribution in [0.25, 0.3) is 0 Å². The molecule has 2 aliphatic carbocycles. The molecule has 2 aliphatic heterocycles. The van der Waals surface area contributed by atoms with E-state index in [1.165, 1.54) is 26.2 Å². The molecule has 0 bridgehead atoms. The van der Waals surface area contributed by atoms with Gasteiger partial charge in [-0.15, -0.1) is 0 Å². The predicted octanol–water partition coefficient (Wildman–Crippen LogP) is 6.95. The van der Waals surface area contributed by atoms with Crippen molar-refractivity contribution in [2.75, 3.05) is 46.7 Å². The first-order valence-electron chi connectivity index (χ1n) is 19.2. The minimum atomic E-state index is -0.956. The lowest BCUT2D eigenvalue weighted by Crippen LogP contribution is -2.36. The van der Waals surface area contributed by atoms with Crippen LogP contribution in [-0.4, -0.2) is 71.4 Å². The van der Waals surface area contributed by atoms with Gasteiger partial charge >= 0.3 is 12.1 Å². The lowest BCUT2D eigenvalue weighted by Gasteiger charge is -2.38. The molecule has 0 N–H and O–H groups in total. The molecule has 14 nitrogen and oxygen atoms in total. The summed E-state index contributed by atoms with van der Waals surface area (Å²) >= 11 is 0. The number of carbonyl (C=O) groups excluding carboxylic acids is 5. The maximum absolute atomic E-state index is 13.5. The summed E-state index contributed by atoms with van der Waals surface area (Å²) in [5.74, 6) is -0.820. The van der Waals surface area contributed by atoms with Gasteiger partial charge in [-0.3, -0.25) is 19.2 Å². The van der Waals surface area contributed by atoms with Crippen LogP contribution in [0.5, 0.6) is 28.7 Å². The smallest absolute Gasteiger partial charge is 0.493 e. The van der Waals surface area contributed by atoms with Crippen LogP contribution >= 0.6 is 0 Å². The number of methoxy groups -OCH3 is 3. The third kappa shape index (κ3) is 7.25. The largest absolute Gasteiger partial charge is 0.509 e. The maximum Gasteiger partial charge on any atom is 0.509 e. The lowest BCUT2D eigenvalue weighted by molar-refractivity contribution is -0.141. The van der Waals surface area contributed by atoms with Gasteiger partial charge in [-0.05, 0) is 73.9 Å². The molecule has 4 aliphatic rings.